The van der Waals surface area contributed by atoms with Gasteiger partial charge >= 0.3 is 11.9 Å². The molecule has 0 spiro atoms. The quantitative estimate of drug-likeness (QED) is 0.0836. The number of amides is 5. The standard InChI is InChI=1S/C31H44N8O9/c1-16(2)25(31(47)48)39-30(46)23(12-19-8-6-5-7-9-19)38-27(43)18(4)35-26(42)17(3)36-29(45)22(10-11-24(40)41)37-28(44)21(32)13-20-14-33-15-34-20/h5-9,14-18,21-23,25H,10-13,32H2,1-4H3,(H,33,34)(H,35,42)(H,36,45)(H,37,44)(H,38,43)(H,39,46)(H,40,41)(H,47,48)/t17-,18-,21-,22-,23-,25-/m0/s1. The fraction of sp³-hybridized carbons (Fsp3) is 0.484. The van der Waals surface area contributed by atoms with Gasteiger partial charge < -0.3 is 47.5 Å². The average molecular weight is 673 g/mol. The molecule has 0 aliphatic rings. The van der Waals surface area contributed by atoms with E-state index in [1.165, 1.54) is 26.4 Å². The molecular weight excluding hydrogens is 628 g/mol. The van der Waals surface area contributed by atoms with E-state index >= 15 is 0 Å². The first-order chi connectivity index (χ1) is 22.6. The molecule has 0 fully saturated rings. The molecule has 262 valence electrons. The number of carbonyl (C=O) groups excluding carboxylic acids is 5. The van der Waals surface area contributed by atoms with Crippen LogP contribution in [0, 0.1) is 5.92 Å². The largest absolute Gasteiger partial charge is 0.481 e. The molecule has 0 unspecified atom stereocenters. The monoisotopic (exact) mass is 672 g/mol. The van der Waals surface area contributed by atoms with Crippen LogP contribution >= 0.6 is 0 Å². The van der Waals surface area contributed by atoms with Crippen LogP contribution < -0.4 is 32.3 Å². The Morgan fingerprint density at radius 3 is 1.85 bits per heavy atom. The van der Waals surface area contributed by atoms with Crippen molar-refractivity contribution < 1.29 is 43.8 Å². The molecule has 1 aromatic carbocycles. The van der Waals surface area contributed by atoms with E-state index in [-0.39, 0.29) is 19.3 Å². The minimum atomic E-state index is -1.34. The van der Waals surface area contributed by atoms with E-state index in [9.17, 15) is 38.7 Å². The first-order valence-corrected chi connectivity index (χ1v) is 15.3. The zero-order chi connectivity index (χ0) is 36.0. The molecular formula is C31H44N8O9. The van der Waals surface area contributed by atoms with Crippen molar-refractivity contribution in [2.45, 2.75) is 89.6 Å². The van der Waals surface area contributed by atoms with Gasteiger partial charge in [0.1, 0.15) is 30.2 Å². The summed E-state index contributed by atoms with van der Waals surface area (Å²) >= 11 is 0. The van der Waals surface area contributed by atoms with E-state index < -0.39 is 90.1 Å². The lowest BCUT2D eigenvalue weighted by Gasteiger charge is -2.25. The number of aliphatic carboxylic acids is 2. The molecule has 6 atom stereocenters. The van der Waals surface area contributed by atoms with Gasteiger partial charge in [0.25, 0.3) is 0 Å². The Hall–Kier alpha value is -5.32. The lowest BCUT2D eigenvalue weighted by molar-refractivity contribution is -0.143. The highest BCUT2D eigenvalue weighted by Crippen LogP contribution is 2.08. The summed E-state index contributed by atoms with van der Waals surface area (Å²) in [4.78, 5) is 94.3. The molecule has 48 heavy (non-hydrogen) atoms. The number of aromatic amines is 1. The summed E-state index contributed by atoms with van der Waals surface area (Å²) in [5, 5.41) is 30.9. The molecule has 0 saturated heterocycles. The van der Waals surface area contributed by atoms with Crippen LogP contribution in [0.5, 0.6) is 0 Å². The Bertz CT molecular complexity index is 1420. The van der Waals surface area contributed by atoms with Crippen LogP contribution in [0.1, 0.15) is 51.8 Å². The maximum Gasteiger partial charge on any atom is 0.326 e. The molecule has 0 aliphatic heterocycles. The first kappa shape index (κ1) is 38.9. The zero-order valence-electron chi connectivity index (χ0n) is 27.2. The van der Waals surface area contributed by atoms with Crippen LogP contribution in [0.2, 0.25) is 0 Å². The number of H-pyrrole nitrogens is 1. The van der Waals surface area contributed by atoms with Crippen LogP contribution in [0.25, 0.3) is 0 Å². The van der Waals surface area contributed by atoms with Gasteiger partial charge in [-0.25, -0.2) is 9.78 Å². The van der Waals surface area contributed by atoms with E-state index in [1.54, 1.807) is 44.2 Å². The van der Waals surface area contributed by atoms with Crippen molar-refractivity contribution in [3.05, 3.63) is 54.1 Å². The first-order valence-electron chi connectivity index (χ1n) is 15.3. The Balaban J connectivity index is 2.05. The lowest BCUT2D eigenvalue weighted by Crippen LogP contribution is -2.58. The van der Waals surface area contributed by atoms with Gasteiger partial charge in [-0.05, 0) is 31.7 Å². The highest BCUT2D eigenvalue weighted by atomic mass is 16.4. The number of hydrogen-bond acceptors (Lipinski definition) is 9. The molecule has 2 rings (SSSR count). The Labute approximate surface area is 277 Å². The third-order valence-electron chi connectivity index (χ3n) is 7.26. The maximum atomic E-state index is 13.1. The third kappa shape index (κ3) is 12.8. The number of carboxylic acids is 2. The Kier molecular flexibility index (Phi) is 15.2. The highest BCUT2D eigenvalue weighted by Gasteiger charge is 2.31. The van der Waals surface area contributed by atoms with Gasteiger partial charge in [-0.2, -0.15) is 0 Å². The predicted molar refractivity (Wildman–Crippen MR) is 171 cm³/mol. The third-order valence-corrected chi connectivity index (χ3v) is 7.26. The van der Waals surface area contributed by atoms with Gasteiger partial charge in [-0.15, -0.1) is 0 Å². The number of carbonyl (C=O) groups is 7. The van der Waals surface area contributed by atoms with Crippen LogP contribution in [-0.4, -0.2) is 97.9 Å². The van der Waals surface area contributed by atoms with Crippen molar-refractivity contribution in [3.8, 4) is 0 Å². The van der Waals surface area contributed by atoms with Gasteiger partial charge in [-0.1, -0.05) is 44.2 Å². The summed E-state index contributed by atoms with van der Waals surface area (Å²) in [6.07, 6.45) is 2.23. The van der Waals surface area contributed by atoms with Crippen molar-refractivity contribution in [3.63, 3.8) is 0 Å². The van der Waals surface area contributed by atoms with Gasteiger partial charge in [-0.3, -0.25) is 28.8 Å². The van der Waals surface area contributed by atoms with Crippen molar-refractivity contribution >= 4 is 41.5 Å². The van der Waals surface area contributed by atoms with Gasteiger partial charge in [0.15, 0.2) is 0 Å². The van der Waals surface area contributed by atoms with Crippen molar-refractivity contribution in [2.75, 3.05) is 0 Å². The summed E-state index contributed by atoms with van der Waals surface area (Å²) in [7, 11) is 0. The number of benzene rings is 1. The lowest BCUT2D eigenvalue weighted by atomic mass is 10.0. The van der Waals surface area contributed by atoms with Crippen molar-refractivity contribution in [2.24, 2.45) is 11.7 Å². The number of nitrogens with two attached hydrogens (primary N) is 1. The molecule has 5 amide bonds. The van der Waals surface area contributed by atoms with Gasteiger partial charge in [0.2, 0.25) is 29.5 Å². The summed E-state index contributed by atoms with van der Waals surface area (Å²) in [5.41, 5.74) is 7.19. The van der Waals surface area contributed by atoms with Crippen molar-refractivity contribution in [1.82, 2.24) is 36.6 Å². The highest BCUT2D eigenvalue weighted by molar-refractivity contribution is 5.96. The summed E-state index contributed by atoms with van der Waals surface area (Å²) in [6, 6.07) is 1.48. The minimum absolute atomic E-state index is 0.0327. The normalized spacial score (nSPS) is 14.7. The number of nitrogens with one attached hydrogen (secondary N) is 6. The van der Waals surface area contributed by atoms with Crippen molar-refractivity contribution in [1.29, 1.82) is 0 Å². The van der Waals surface area contributed by atoms with Crippen LogP contribution in [0.4, 0.5) is 0 Å². The summed E-state index contributed by atoms with van der Waals surface area (Å²) in [5.74, 6) is -6.74. The second kappa shape index (κ2) is 18.7. The number of hydrogen-bond donors (Lipinski definition) is 9. The van der Waals surface area contributed by atoms with E-state index in [1.807, 2.05) is 0 Å². The van der Waals surface area contributed by atoms with E-state index in [0.717, 1.165) is 0 Å². The number of nitrogens with zero attached hydrogens (tertiary/aromatic N) is 1. The van der Waals surface area contributed by atoms with Crippen LogP contribution in [0.3, 0.4) is 0 Å². The molecule has 0 saturated carbocycles. The minimum Gasteiger partial charge on any atom is -0.481 e. The molecule has 17 nitrogen and oxygen atoms in total. The van der Waals surface area contributed by atoms with E-state index in [4.69, 9.17) is 10.8 Å². The summed E-state index contributed by atoms with van der Waals surface area (Å²) < 4.78 is 0. The van der Waals surface area contributed by atoms with Gasteiger partial charge in [0, 0.05) is 31.2 Å². The fourth-order valence-corrected chi connectivity index (χ4v) is 4.45. The average Bonchev–Trinajstić information content (AvgIpc) is 3.54. The van der Waals surface area contributed by atoms with Crippen LogP contribution in [-0.2, 0) is 46.4 Å². The fourth-order valence-electron chi connectivity index (χ4n) is 4.45. The molecule has 1 aromatic heterocycles. The number of rotatable bonds is 19. The molecule has 2 aromatic rings. The molecule has 17 heteroatoms. The number of imidazole rings is 1. The summed E-state index contributed by atoms with van der Waals surface area (Å²) in [6.45, 7) is 5.93. The molecule has 10 N–H and O–H groups in total. The second-order valence-corrected chi connectivity index (χ2v) is 11.7. The predicted octanol–water partition coefficient (Wildman–Crippen LogP) is -1.41. The maximum absolute atomic E-state index is 13.1. The zero-order valence-corrected chi connectivity index (χ0v) is 27.2. The SMILES string of the molecule is CC(C)[C@H](NC(=O)[C@H](Cc1ccccc1)NC(=O)[C@H](C)NC(=O)[C@H](C)NC(=O)[C@H](CCC(=O)O)NC(=O)[C@@H](N)Cc1cnc[nH]1)C(=O)O. The molecule has 1 heterocycles. The second-order valence-electron chi connectivity index (χ2n) is 11.7. The number of carboxylic acid groups (broad SMARTS) is 2. The smallest absolute Gasteiger partial charge is 0.326 e. The molecule has 0 bridgehead atoms. The molecule has 0 aliphatic carbocycles. The Morgan fingerprint density at radius 2 is 1.31 bits per heavy atom. The number of aromatic nitrogens is 2. The van der Waals surface area contributed by atoms with E-state index in [0.29, 0.717) is 11.3 Å². The topological polar surface area (TPSA) is 275 Å². The van der Waals surface area contributed by atoms with E-state index in [2.05, 4.69) is 36.6 Å². The molecule has 0 radical (unpaired) electrons. The van der Waals surface area contributed by atoms with Gasteiger partial charge in [0.05, 0.1) is 12.4 Å². The van der Waals surface area contributed by atoms with Crippen LogP contribution in [0.15, 0.2) is 42.9 Å². The Morgan fingerprint density at radius 1 is 0.750 bits per heavy atom.